The molecule has 4 rings (SSSR count). The largest absolute Gasteiger partial charge is 0.493 e. The van der Waals surface area contributed by atoms with E-state index in [1.54, 1.807) is 12.1 Å². The number of ether oxygens (including phenoxy) is 1. The second-order valence-electron chi connectivity index (χ2n) is 9.42. The van der Waals surface area contributed by atoms with Crippen LogP contribution in [0.4, 0.5) is 0 Å². The highest BCUT2D eigenvalue weighted by atomic mass is 35.5. The Morgan fingerprint density at radius 1 is 0.943 bits per heavy atom. The number of rotatable bonds is 6. The Balaban J connectivity index is 1.91. The van der Waals surface area contributed by atoms with Crippen LogP contribution in [0.1, 0.15) is 62.0 Å². The van der Waals surface area contributed by atoms with E-state index in [4.69, 9.17) is 44.5 Å². The van der Waals surface area contributed by atoms with Gasteiger partial charge in [0.25, 0.3) is 0 Å². The lowest BCUT2D eigenvalue weighted by Crippen LogP contribution is -2.31. The number of hydrogen-bond donors (Lipinski definition) is 0. The molecule has 0 fully saturated rings. The van der Waals surface area contributed by atoms with E-state index in [1.165, 1.54) is 4.90 Å². The molecule has 0 spiro atoms. The molecule has 1 aliphatic heterocycles. The number of hydrogen-bond acceptors (Lipinski definition) is 3. The van der Waals surface area contributed by atoms with E-state index in [2.05, 4.69) is 27.2 Å². The summed E-state index contributed by atoms with van der Waals surface area (Å²) in [5, 5.41) is 1.82. The lowest BCUT2D eigenvalue weighted by atomic mass is 9.86. The second kappa shape index (κ2) is 10.2. The zero-order chi connectivity index (χ0) is 25.3. The summed E-state index contributed by atoms with van der Waals surface area (Å²) in [6, 6.07) is 17.8. The van der Waals surface area contributed by atoms with Crippen LogP contribution in [-0.2, 0) is 10.2 Å². The number of amides is 1. The summed E-state index contributed by atoms with van der Waals surface area (Å²) in [6.07, 6.45) is 2.12. The lowest BCUT2D eigenvalue weighted by Gasteiger charge is -2.27. The van der Waals surface area contributed by atoms with E-state index < -0.39 is 6.04 Å². The first-order valence-corrected chi connectivity index (χ1v) is 12.5. The summed E-state index contributed by atoms with van der Waals surface area (Å²) in [4.78, 5) is 19.0. The van der Waals surface area contributed by atoms with Crippen LogP contribution >= 0.6 is 34.8 Å². The van der Waals surface area contributed by atoms with Gasteiger partial charge in [-0.2, -0.15) is 0 Å². The highest BCUT2D eigenvalue weighted by molar-refractivity contribution is 6.32. The third kappa shape index (κ3) is 5.20. The molecule has 181 valence electrons. The maximum atomic E-state index is 12.5. The highest BCUT2D eigenvalue weighted by Gasteiger charge is 2.40. The van der Waals surface area contributed by atoms with E-state index >= 15 is 0 Å². The van der Waals surface area contributed by atoms with Crippen LogP contribution in [-0.4, -0.2) is 23.8 Å². The normalized spacial score (nSPS) is 17.9. The van der Waals surface area contributed by atoms with Gasteiger partial charge in [0.15, 0.2) is 0 Å². The SMILES string of the molecule is CCOc1cc(C(C)(C)C)c(Cl)cc1C1=N[C@@H](c2ccc(Cl)cc2)[C@@H](c2ccc(Cl)cc2)N1[C]=O. The second-order valence-corrected chi connectivity index (χ2v) is 10.7. The Morgan fingerprint density at radius 3 is 2.03 bits per heavy atom. The molecule has 1 aliphatic rings. The summed E-state index contributed by atoms with van der Waals surface area (Å²) in [5.41, 5.74) is 3.21. The van der Waals surface area contributed by atoms with E-state index in [9.17, 15) is 4.79 Å². The van der Waals surface area contributed by atoms with Crippen molar-refractivity contribution in [3.05, 3.63) is 98.0 Å². The van der Waals surface area contributed by atoms with Crippen LogP contribution in [0.5, 0.6) is 5.75 Å². The molecule has 3 aromatic carbocycles. The van der Waals surface area contributed by atoms with Crippen LogP contribution in [0.3, 0.4) is 0 Å². The Labute approximate surface area is 221 Å². The minimum absolute atomic E-state index is 0.187. The summed E-state index contributed by atoms with van der Waals surface area (Å²) < 4.78 is 6.02. The molecule has 0 saturated heterocycles. The molecule has 0 unspecified atom stereocenters. The number of nitrogens with zero attached hydrogens (tertiary/aromatic N) is 2. The highest BCUT2D eigenvalue weighted by Crippen LogP contribution is 2.45. The smallest absolute Gasteiger partial charge is 0.318 e. The Bertz CT molecular complexity index is 1250. The first-order chi connectivity index (χ1) is 16.6. The number of aliphatic imine (C=N–C) groups is 1. The van der Waals surface area contributed by atoms with Crippen molar-refractivity contribution in [3.8, 4) is 5.75 Å². The van der Waals surface area contributed by atoms with Crippen LogP contribution in [0, 0.1) is 0 Å². The molecular formula is C28H26Cl3N2O2. The molecule has 1 heterocycles. The first-order valence-electron chi connectivity index (χ1n) is 11.4. The molecule has 7 heteroatoms. The van der Waals surface area contributed by atoms with Crippen molar-refractivity contribution in [1.82, 2.24) is 4.90 Å². The molecule has 0 bridgehead atoms. The van der Waals surface area contributed by atoms with Crippen molar-refractivity contribution in [2.75, 3.05) is 6.61 Å². The van der Waals surface area contributed by atoms with Crippen LogP contribution in [0.2, 0.25) is 15.1 Å². The van der Waals surface area contributed by atoms with Crippen LogP contribution in [0.25, 0.3) is 0 Å². The Kier molecular flexibility index (Phi) is 7.46. The zero-order valence-electron chi connectivity index (χ0n) is 20.0. The minimum Gasteiger partial charge on any atom is -0.493 e. The van der Waals surface area contributed by atoms with Gasteiger partial charge in [-0.25, -0.2) is 0 Å². The van der Waals surface area contributed by atoms with E-state index in [1.807, 2.05) is 55.5 Å². The topological polar surface area (TPSA) is 41.9 Å². The van der Waals surface area contributed by atoms with Gasteiger partial charge in [0.05, 0.1) is 18.2 Å². The van der Waals surface area contributed by atoms with Crippen LogP contribution in [0.15, 0.2) is 65.7 Å². The van der Waals surface area contributed by atoms with Crippen molar-refractivity contribution < 1.29 is 9.53 Å². The number of carbonyl (C=O) groups excluding carboxylic acids is 1. The molecule has 0 N–H and O–H groups in total. The standard InChI is InChI=1S/C28H26Cl3N2O2/c1-5-35-24-15-22(28(2,3)4)23(31)14-21(24)27-32-25(17-6-10-19(29)11-7-17)26(33(27)16-34)18-8-12-20(30)13-9-18/h6-15,25-26H,5H2,1-4H3/t25-,26+/m0/s1. The lowest BCUT2D eigenvalue weighted by molar-refractivity contribution is 0.337. The van der Waals surface area contributed by atoms with Crippen molar-refractivity contribution in [1.29, 1.82) is 0 Å². The summed E-state index contributed by atoms with van der Waals surface area (Å²) >= 11 is 19.0. The van der Waals surface area contributed by atoms with Gasteiger partial charge in [-0.05, 0) is 65.4 Å². The number of halogens is 3. The zero-order valence-corrected chi connectivity index (χ0v) is 22.2. The quantitative estimate of drug-likeness (QED) is 0.326. The molecule has 1 amide bonds. The van der Waals surface area contributed by atoms with Gasteiger partial charge in [-0.15, -0.1) is 0 Å². The first kappa shape index (κ1) is 25.6. The maximum Gasteiger partial charge on any atom is 0.318 e. The van der Waals surface area contributed by atoms with Gasteiger partial charge in [0.2, 0.25) is 0 Å². The van der Waals surface area contributed by atoms with Gasteiger partial charge in [0, 0.05) is 15.1 Å². The third-order valence-electron chi connectivity index (χ3n) is 6.01. The van der Waals surface area contributed by atoms with Gasteiger partial charge >= 0.3 is 6.41 Å². The average Bonchev–Trinajstić information content (AvgIpc) is 3.19. The van der Waals surface area contributed by atoms with Crippen LogP contribution < -0.4 is 4.74 Å². The van der Waals surface area contributed by atoms with Crippen molar-refractivity contribution >= 4 is 47.0 Å². The Morgan fingerprint density at radius 2 is 1.51 bits per heavy atom. The monoisotopic (exact) mass is 527 g/mol. The summed E-state index contributed by atoms with van der Waals surface area (Å²) in [7, 11) is 0. The van der Waals surface area contributed by atoms with Crippen molar-refractivity contribution in [3.63, 3.8) is 0 Å². The van der Waals surface area contributed by atoms with E-state index in [0.29, 0.717) is 38.8 Å². The molecule has 3 aromatic rings. The molecule has 4 nitrogen and oxygen atoms in total. The van der Waals surface area contributed by atoms with E-state index in [-0.39, 0.29) is 11.5 Å². The van der Waals surface area contributed by atoms with Gasteiger partial charge < -0.3 is 4.74 Å². The number of amidine groups is 1. The van der Waals surface area contributed by atoms with Gasteiger partial charge in [-0.1, -0.05) is 79.8 Å². The Hall–Kier alpha value is -2.53. The molecule has 2 atom stereocenters. The molecular weight excluding hydrogens is 503 g/mol. The average molecular weight is 529 g/mol. The maximum absolute atomic E-state index is 12.5. The summed E-state index contributed by atoms with van der Waals surface area (Å²) in [6.45, 7) is 8.65. The molecule has 1 radical (unpaired) electrons. The predicted octanol–water partition coefficient (Wildman–Crippen LogP) is 7.96. The van der Waals surface area contributed by atoms with Gasteiger partial charge in [0.1, 0.15) is 17.6 Å². The molecule has 0 aliphatic carbocycles. The number of benzene rings is 3. The van der Waals surface area contributed by atoms with E-state index in [0.717, 1.165) is 16.7 Å². The molecule has 0 aromatic heterocycles. The predicted molar refractivity (Wildman–Crippen MR) is 144 cm³/mol. The molecule has 0 saturated carbocycles. The fraction of sp³-hybridized carbons (Fsp3) is 0.286. The fourth-order valence-electron chi connectivity index (χ4n) is 4.32. The van der Waals surface area contributed by atoms with Crippen molar-refractivity contribution in [2.45, 2.75) is 45.2 Å². The summed E-state index contributed by atoms with van der Waals surface area (Å²) in [5.74, 6) is 1.07. The fourth-order valence-corrected chi connectivity index (χ4v) is 5.02. The van der Waals surface area contributed by atoms with Crippen molar-refractivity contribution in [2.24, 2.45) is 4.99 Å². The third-order valence-corrected chi connectivity index (χ3v) is 6.82. The van der Waals surface area contributed by atoms with Gasteiger partial charge in [-0.3, -0.25) is 14.7 Å². The minimum atomic E-state index is -0.434. The molecule has 35 heavy (non-hydrogen) atoms.